The van der Waals surface area contributed by atoms with Crippen molar-refractivity contribution in [3.63, 3.8) is 0 Å². The molecule has 2 aromatic carbocycles. The number of nitriles is 1. The Balaban J connectivity index is 1.36. The Morgan fingerprint density at radius 3 is 2.48 bits per heavy atom. The second-order valence-corrected chi connectivity index (χ2v) is 7.37. The molecule has 0 radical (unpaired) electrons. The topological polar surface area (TPSA) is 81.2 Å². The van der Waals surface area contributed by atoms with Crippen LogP contribution in [-0.4, -0.2) is 36.4 Å². The quantitative estimate of drug-likeness (QED) is 0.648. The Labute approximate surface area is 176 Å². The molecule has 0 spiro atoms. The fourth-order valence-corrected chi connectivity index (χ4v) is 3.72. The van der Waals surface area contributed by atoms with E-state index in [4.69, 9.17) is 5.26 Å². The molecule has 160 valence electrons. The summed E-state index contributed by atoms with van der Waals surface area (Å²) >= 11 is 0. The highest BCUT2D eigenvalue weighted by Gasteiger charge is 2.31. The summed E-state index contributed by atoms with van der Waals surface area (Å²) in [6.07, 6.45) is -3.25. The first kappa shape index (κ1) is 20.6. The minimum absolute atomic E-state index is 0.00216. The van der Waals surface area contributed by atoms with Crippen molar-refractivity contribution in [1.29, 1.82) is 5.26 Å². The summed E-state index contributed by atoms with van der Waals surface area (Å²) in [6, 6.07) is 15.0. The fraction of sp³-hybridized carbons (Fsp3) is 0.273. The molecule has 0 unspecified atom stereocenters. The van der Waals surface area contributed by atoms with Crippen molar-refractivity contribution >= 4 is 22.5 Å². The summed E-state index contributed by atoms with van der Waals surface area (Å²) in [7, 11) is 0. The molecule has 0 aliphatic carbocycles. The fourth-order valence-electron chi connectivity index (χ4n) is 3.72. The maximum absolute atomic E-state index is 12.6. The second-order valence-electron chi connectivity index (χ2n) is 7.37. The van der Waals surface area contributed by atoms with Gasteiger partial charge in [0.1, 0.15) is 11.4 Å². The molecule has 1 aromatic heterocycles. The minimum atomic E-state index is -4.77. The van der Waals surface area contributed by atoms with Crippen LogP contribution in [0, 0.1) is 11.3 Å². The van der Waals surface area contributed by atoms with E-state index < -0.39 is 6.36 Å². The van der Waals surface area contributed by atoms with E-state index in [0.29, 0.717) is 16.5 Å². The molecule has 3 aromatic rings. The number of hydrogen-bond donors (Lipinski definition) is 2. The first-order valence-corrected chi connectivity index (χ1v) is 9.75. The predicted octanol–water partition coefficient (Wildman–Crippen LogP) is 4.34. The number of rotatable bonds is 4. The van der Waals surface area contributed by atoms with Crippen LogP contribution in [0.2, 0.25) is 0 Å². The normalized spacial score (nSPS) is 15.0. The summed E-state index contributed by atoms with van der Waals surface area (Å²) in [5.41, 5.74) is 2.33. The van der Waals surface area contributed by atoms with E-state index in [9.17, 15) is 18.0 Å². The van der Waals surface area contributed by atoms with Crippen LogP contribution < -0.4 is 15.0 Å². The van der Waals surface area contributed by atoms with Crippen molar-refractivity contribution < 1.29 is 22.7 Å². The Morgan fingerprint density at radius 2 is 1.84 bits per heavy atom. The van der Waals surface area contributed by atoms with Gasteiger partial charge in [-0.15, -0.1) is 13.2 Å². The van der Waals surface area contributed by atoms with E-state index in [1.807, 2.05) is 12.1 Å². The first-order valence-electron chi connectivity index (χ1n) is 9.75. The van der Waals surface area contributed by atoms with Gasteiger partial charge in [-0.25, -0.2) is 0 Å². The predicted molar refractivity (Wildman–Crippen MR) is 109 cm³/mol. The van der Waals surface area contributed by atoms with E-state index in [0.717, 1.165) is 31.6 Å². The number of alkyl halides is 3. The van der Waals surface area contributed by atoms with Gasteiger partial charge in [-0.3, -0.25) is 4.79 Å². The van der Waals surface area contributed by atoms with Crippen LogP contribution in [0.25, 0.3) is 10.9 Å². The number of aromatic amines is 1. The van der Waals surface area contributed by atoms with E-state index in [2.05, 4.69) is 26.0 Å². The Morgan fingerprint density at radius 1 is 1.13 bits per heavy atom. The monoisotopic (exact) mass is 428 g/mol. The molecule has 1 saturated heterocycles. The zero-order valence-electron chi connectivity index (χ0n) is 16.4. The van der Waals surface area contributed by atoms with Gasteiger partial charge in [0, 0.05) is 41.8 Å². The van der Waals surface area contributed by atoms with E-state index in [-0.39, 0.29) is 23.4 Å². The molecule has 4 rings (SSSR count). The molecule has 1 aliphatic rings. The number of benzene rings is 2. The zero-order chi connectivity index (χ0) is 22.0. The molecule has 2 heterocycles. The number of carbonyl (C=O) groups excluding carboxylic acids is 1. The summed E-state index contributed by atoms with van der Waals surface area (Å²) in [4.78, 5) is 17.7. The number of fused-ring (bicyclic) bond motifs is 1. The van der Waals surface area contributed by atoms with Gasteiger partial charge in [0.25, 0.3) is 5.91 Å². The van der Waals surface area contributed by atoms with Crippen molar-refractivity contribution in [2.45, 2.75) is 25.2 Å². The molecule has 9 heteroatoms. The average molecular weight is 428 g/mol. The maximum atomic E-state index is 12.6. The second kappa shape index (κ2) is 8.22. The third kappa shape index (κ3) is 4.91. The summed E-state index contributed by atoms with van der Waals surface area (Å²) in [5.74, 6) is -0.643. The van der Waals surface area contributed by atoms with Gasteiger partial charge in [0.2, 0.25) is 0 Å². The lowest BCUT2D eigenvalue weighted by atomic mass is 10.0. The lowest BCUT2D eigenvalue weighted by Gasteiger charge is -2.34. The number of ether oxygens (including phenoxy) is 1. The van der Waals surface area contributed by atoms with Gasteiger partial charge in [0.05, 0.1) is 11.6 Å². The lowest BCUT2D eigenvalue weighted by Crippen LogP contribution is -2.44. The number of hydrogen-bond acceptors (Lipinski definition) is 4. The molecule has 31 heavy (non-hydrogen) atoms. The summed E-state index contributed by atoms with van der Waals surface area (Å²) < 4.78 is 41.1. The van der Waals surface area contributed by atoms with Crippen LogP contribution >= 0.6 is 0 Å². The van der Waals surface area contributed by atoms with Crippen LogP contribution in [0.1, 0.15) is 28.9 Å². The highest BCUT2D eigenvalue weighted by Crippen LogP contribution is 2.27. The summed E-state index contributed by atoms with van der Waals surface area (Å²) in [5, 5.41) is 12.5. The smallest absolute Gasteiger partial charge is 0.406 e. The Bertz CT molecular complexity index is 1120. The van der Waals surface area contributed by atoms with Crippen molar-refractivity contribution in [2.24, 2.45) is 0 Å². The molecule has 1 aliphatic heterocycles. The van der Waals surface area contributed by atoms with Crippen LogP contribution in [0.3, 0.4) is 0 Å². The molecule has 2 N–H and O–H groups in total. The standard InChI is InChI=1S/C22H19F3N4O2/c23-22(24,25)31-18-6-3-15-11-20(28-19(15)12-18)21(30)27-16-7-9-29(10-8-16)17-4-1-14(13-26)2-5-17/h1-6,11-12,16,28H,7-10H2,(H,27,30). The molecule has 0 atom stereocenters. The average Bonchev–Trinajstić information content (AvgIpc) is 3.17. The number of H-pyrrole nitrogens is 1. The van der Waals surface area contributed by atoms with Crippen molar-refractivity contribution in [2.75, 3.05) is 18.0 Å². The largest absolute Gasteiger partial charge is 0.573 e. The van der Waals surface area contributed by atoms with Crippen LogP contribution in [-0.2, 0) is 0 Å². The van der Waals surface area contributed by atoms with Gasteiger partial charge in [-0.05, 0) is 55.3 Å². The van der Waals surface area contributed by atoms with Gasteiger partial charge in [0.15, 0.2) is 0 Å². The highest BCUT2D eigenvalue weighted by molar-refractivity contribution is 5.98. The molecule has 0 saturated carbocycles. The van der Waals surface area contributed by atoms with Gasteiger partial charge in [-0.1, -0.05) is 0 Å². The number of amides is 1. The van der Waals surface area contributed by atoms with E-state index in [1.54, 1.807) is 18.2 Å². The molecule has 1 fully saturated rings. The molecule has 0 bridgehead atoms. The molecule has 6 nitrogen and oxygen atoms in total. The van der Waals surface area contributed by atoms with Crippen LogP contribution in [0.15, 0.2) is 48.5 Å². The Hall–Kier alpha value is -3.67. The SMILES string of the molecule is N#Cc1ccc(N2CCC(NC(=O)c3cc4ccc(OC(F)(F)F)cc4[nH]3)CC2)cc1. The maximum Gasteiger partial charge on any atom is 0.573 e. The van der Waals surface area contributed by atoms with Crippen molar-refractivity contribution in [1.82, 2.24) is 10.3 Å². The summed E-state index contributed by atoms with van der Waals surface area (Å²) in [6.45, 7) is 1.53. The lowest BCUT2D eigenvalue weighted by molar-refractivity contribution is -0.274. The molecule has 1 amide bonds. The number of anilines is 1. The van der Waals surface area contributed by atoms with Crippen molar-refractivity contribution in [3.8, 4) is 11.8 Å². The first-order chi connectivity index (χ1) is 14.8. The van der Waals surface area contributed by atoms with Crippen molar-refractivity contribution in [3.05, 3.63) is 59.8 Å². The van der Waals surface area contributed by atoms with Gasteiger partial charge in [-0.2, -0.15) is 5.26 Å². The zero-order valence-corrected chi connectivity index (χ0v) is 16.4. The third-order valence-corrected chi connectivity index (χ3v) is 5.26. The third-order valence-electron chi connectivity index (χ3n) is 5.26. The highest BCUT2D eigenvalue weighted by atomic mass is 19.4. The molecular weight excluding hydrogens is 409 g/mol. The van der Waals surface area contributed by atoms with Crippen LogP contribution in [0.4, 0.5) is 18.9 Å². The number of carbonyl (C=O) groups is 1. The van der Waals surface area contributed by atoms with Gasteiger partial charge < -0.3 is 19.9 Å². The Kier molecular flexibility index (Phi) is 5.46. The minimum Gasteiger partial charge on any atom is -0.406 e. The van der Waals surface area contributed by atoms with Gasteiger partial charge >= 0.3 is 6.36 Å². The molecular formula is C22H19F3N4O2. The number of piperidine rings is 1. The number of nitrogens with zero attached hydrogens (tertiary/aromatic N) is 2. The number of aromatic nitrogens is 1. The van der Waals surface area contributed by atoms with Crippen LogP contribution in [0.5, 0.6) is 5.75 Å². The number of halogens is 3. The van der Waals surface area contributed by atoms with E-state index >= 15 is 0 Å². The van der Waals surface area contributed by atoms with E-state index in [1.165, 1.54) is 18.2 Å². The number of nitrogens with one attached hydrogen (secondary N) is 2.